The predicted octanol–water partition coefficient (Wildman–Crippen LogP) is 2.10. The first kappa shape index (κ1) is 15.4. The third-order valence-electron chi connectivity index (χ3n) is 3.82. The van der Waals surface area contributed by atoms with Crippen LogP contribution in [0, 0.1) is 5.92 Å². The number of carbonyl (C=O) groups is 2. The highest BCUT2D eigenvalue weighted by Gasteiger charge is 2.22. The van der Waals surface area contributed by atoms with Crippen molar-refractivity contribution in [3.05, 3.63) is 30.2 Å². The highest BCUT2D eigenvalue weighted by molar-refractivity contribution is 5.94. The molecule has 5 heteroatoms. The topological polar surface area (TPSA) is 71.3 Å². The van der Waals surface area contributed by atoms with Crippen LogP contribution in [0.3, 0.4) is 0 Å². The van der Waals surface area contributed by atoms with Crippen LogP contribution in [0.25, 0.3) is 6.08 Å². The summed E-state index contributed by atoms with van der Waals surface area (Å²) in [6.07, 6.45) is 9.04. The number of nitrogens with one attached hydrogen (secondary N) is 2. The normalized spacial score (nSPS) is 22.1. The van der Waals surface area contributed by atoms with Gasteiger partial charge >= 0.3 is 0 Å². The van der Waals surface area contributed by atoms with E-state index >= 15 is 0 Å². The van der Waals surface area contributed by atoms with Crippen LogP contribution < -0.4 is 10.6 Å². The van der Waals surface area contributed by atoms with Gasteiger partial charge in [0.1, 0.15) is 5.76 Å². The monoisotopic (exact) mass is 290 g/mol. The highest BCUT2D eigenvalue weighted by Crippen LogP contribution is 2.23. The molecule has 0 bridgehead atoms. The summed E-state index contributed by atoms with van der Waals surface area (Å²) in [4.78, 5) is 23.4. The van der Waals surface area contributed by atoms with E-state index < -0.39 is 0 Å². The van der Waals surface area contributed by atoms with Crippen LogP contribution in [-0.2, 0) is 9.59 Å². The molecular formula is C16H22N2O3. The maximum Gasteiger partial charge on any atom is 0.244 e. The van der Waals surface area contributed by atoms with E-state index in [1.165, 1.54) is 18.8 Å². The predicted molar refractivity (Wildman–Crippen MR) is 80.3 cm³/mol. The zero-order valence-electron chi connectivity index (χ0n) is 12.3. The van der Waals surface area contributed by atoms with Gasteiger partial charge < -0.3 is 15.1 Å². The molecule has 0 saturated heterocycles. The molecule has 5 nitrogen and oxygen atoms in total. The first-order valence-corrected chi connectivity index (χ1v) is 7.44. The Balaban J connectivity index is 1.69. The molecule has 0 aromatic carbocycles. The molecule has 2 rings (SSSR count). The molecule has 2 N–H and O–H groups in total. The second-order valence-corrected chi connectivity index (χ2v) is 5.50. The number of hydrogen-bond donors (Lipinski definition) is 2. The average molecular weight is 290 g/mol. The molecule has 2 unspecified atom stereocenters. The molecular weight excluding hydrogens is 268 g/mol. The van der Waals surface area contributed by atoms with Gasteiger partial charge in [0.25, 0.3) is 0 Å². The zero-order valence-corrected chi connectivity index (χ0v) is 12.3. The maximum absolute atomic E-state index is 11.8. The molecule has 114 valence electrons. The van der Waals surface area contributed by atoms with Gasteiger partial charge in [-0.3, -0.25) is 9.59 Å². The fraction of sp³-hybridized carbons (Fsp3) is 0.500. The van der Waals surface area contributed by atoms with Crippen LogP contribution in [0.15, 0.2) is 28.9 Å². The van der Waals surface area contributed by atoms with E-state index in [1.807, 2.05) is 0 Å². The maximum atomic E-state index is 11.8. The number of furan rings is 1. The lowest BCUT2D eigenvalue weighted by Crippen LogP contribution is -2.45. The van der Waals surface area contributed by atoms with Gasteiger partial charge in [0.2, 0.25) is 11.8 Å². The van der Waals surface area contributed by atoms with E-state index in [0.717, 1.165) is 19.3 Å². The molecule has 0 aliphatic heterocycles. The molecule has 2 atom stereocenters. The number of rotatable bonds is 5. The minimum atomic E-state index is -0.307. The quantitative estimate of drug-likeness (QED) is 0.816. The van der Waals surface area contributed by atoms with Gasteiger partial charge in [0, 0.05) is 12.1 Å². The fourth-order valence-corrected chi connectivity index (χ4v) is 2.56. The van der Waals surface area contributed by atoms with Crippen LogP contribution in [0.5, 0.6) is 0 Å². The Bertz CT molecular complexity index is 494. The van der Waals surface area contributed by atoms with Gasteiger partial charge in [0.05, 0.1) is 12.8 Å². The minimum absolute atomic E-state index is 0.00451. The second-order valence-electron chi connectivity index (χ2n) is 5.50. The molecule has 2 amide bonds. The third kappa shape index (κ3) is 5.10. The SMILES string of the molecule is CC1CCCCC1NC(=O)CNC(=O)C=Cc1ccco1. The van der Waals surface area contributed by atoms with Crippen LogP contribution in [0.2, 0.25) is 0 Å². The van der Waals surface area contributed by atoms with Crippen LogP contribution >= 0.6 is 0 Å². The molecule has 1 aliphatic carbocycles. The minimum Gasteiger partial charge on any atom is -0.465 e. The van der Waals surface area contributed by atoms with E-state index in [9.17, 15) is 9.59 Å². The van der Waals surface area contributed by atoms with E-state index in [4.69, 9.17) is 4.42 Å². The standard InChI is InChI=1S/C16H22N2O3/c1-12-5-2-3-7-14(12)18-16(20)11-17-15(19)9-8-13-6-4-10-21-13/h4,6,8-10,12,14H,2-3,5,7,11H2,1H3,(H,17,19)(H,18,20). The summed E-state index contributed by atoms with van der Waals surface area (Å²) >= 11 is 0. The Hall–Kier alpha value is -2.04. The molecule has 21 heavy (non-hydrogen) atoms. The Labute approximate surface area is 124 Å². The lowest BCUT2D eigenvalue weighted by molar-refractivity contribution is -0.124. The van der Waals surface area contributed by atoms with Gasteiger partial charge in [-0.15, -0.1) is 0 Å². The van der Waals surface area contributed by atoms with E-state index in [1.54, 1.807) is 18.2 Å². The smallest absolute Gasteiger partial charge is 0.244 e. The molecule has 0 radical (unpaired) electrons. The Morgan fingerprint density at radius 3 is 2.90 bits per heavy atom. The van der Waals surface area contributed by atoms with Crippen molar-refractivity contribution < 1.29 is 14.0 Å². The molecule has 0 spiro atoms. The van der Waals surface area contributed by atoms with E-state index in [0.29, 0.717) is 11.7 Å². The van der Waals surface area contributed by atoms with Crippen molar-refractivity contribution in [2.75, 3.05) is 6.54 Å². The number of amides is 2. The summed E-state index contributed by atoms with van der Waals surface area (Å²) in [5.74, 6) is 0.676. The molecule has 1 heterocycles. The van der Waals surface area contributed by atoms with Gasteiger partial charge in [-0.25, -0.2) is 0 Å². The summed E-state index contributed by atoms with van der Waals surface area (Å²) in [6, 6.07) is 3.74. The summed E-state index contributed by atoms with van der Waals surface area (Å²) in [5.41, 5.74) is 0. The van der Waals surface area contributed by atoms with Crippen LogP contribution in [0.1, 0.15) is 38.4 Å². The summed E-state index contributed by atoms with van der Waals surface area (Å²) < 4.78 is 5.08. The Morgan fingerprint density at radius 1 is 1.38 bits per heavy atom. The Morgan fingerprint density at radius 2 is 2.19 bits per heavy atom. The molecule has 1 aromatic rings. The molecule has 1 fully saturated rings. The van der Waals surface area contributed by atoms with Crippen molar-refractivity contribution in [2.24, 2.45) is 5.92 Å². The van der Waals surface area contributed by atoms with Crippen LogP contribution in [0.4, 0.5) is 0 Å². The number of carbonyl (C=O) groups excluding carboxylic acids is 2. The molecule has 1 aliphatic rings. The molecule has 1 saturated carbocycles. The first-order valence-electron chi connectivity index (χ1n) is 7.44. The lowest BCUT2D eigenvalue weighted by atomic mass is 9.86. The zero-order chi connectivity index (χ0) is 15.1. The van der Waals surface area contributed by atoms with E-state index in [2.05, 4.69) is 17.6 Å². The largest absolute Gasteiger partial charge is 0.465 e. The van der Waals surface area contributed by atoms with Gasteiger partial charge in [-0.1, -0.05) is 19.8 Å². The van der Waals surface area contributed by atoms with Crippen molar-refractivity contribution >= 4 is 17.9 Å². The number of hydrogen-bond acceptors (Lipinski definition) is 3. The Kier molecular flexibility index (Phi) is 5.60. The van der Waals surface area contributed by atoms with Crippen LogP contribution in [-0.4, -0.2) is 24.4 Å². The summed E-state index contributed by atoms with van der Waals surface area (Å²) in [6.45, 7) is 2.17. The summed E-state index contributed by atoms with van der Waals surface area (Å²) in [5, 5.41) is 5.57. The van der Waals surface area contributed by atoms with Gasteiger partial charge in [-0.2, -0.15) is 0 Å². The lowest BCUT2D eigenvalue weighted by Gasteiger charge is -2.29. The first-order chi connectivity index (χ1) is 10.1. The molecule has 1 aromatic heterocycles. The van der Waals surface area contributed by atoms with Crippen molar-refractivity contribution in [3.63, 3.8) is 0 Å². The summed E-state index contributed by atoms with van der Waals surface area (Å²) in [7, 11) is 0. The van der Waals surface area contributed by atoms with E-state index in [-0.39, 0.29) is 24.4 Å². The fourth-order valence-electron chi connectivity index (χ4n) is 2.56. The van der Waals surface area contributed by atoms with Crippen molar-refractivity contribution in [1.29, 1.82) is 0 Å². The van der Waals surface area contributed by atoms with Crippen molar-refractivity contribution in [1.82, 2.24) is 10.6 Å². The van der Waals surface area contributed by atoms with Crippen molar-refractivity contribution in [2.45, 2.75) is 38.6 Å². The third-order valence-corrected chi connectivity index (χ3v) is 3.82. The average Bonchev–Trinajstić information content (AvgIpc) is 2.99. The second kappa shape index (κ2) is 7.67. The van der Waals surface area contributed by atoms with Gasteiger partial charge in [0.15, 0.2) is 0 Å². The highest BCUT2D eigenvalue weighted by atomic mass is 16.3. The van der Waals surface area contributed by atoms with Crippen molar-refractivity contribution in [3.8, 4) is 0 Å². The van der Waals surface area contributed by atoms with Gasteiger partial charge in [-0.05, 0) is 37.0 Å².